The van der Waals surface area contributed by atoms with Gasteiger partial charge in [-0.25, -0.2) is 67.3 Å². The Morgan fingerprint density at radius 2 is 0.492 bits per heavy atom. The molecule has 0 saturated carbocycles. The van der Waals surface area contributed by atoms with Crippen LogP contribution >= 0.6 is 0 Å². The maximum absolute atomic E-state index is 10.9. The summed E-state index contributed by atoms with van der Waals surface area (Å²) in [5.41, 5.74) is 0. The van der Waals surface area contributed by atoms with Gasteiger partial charge >= 0.3 is 0 Å². The number of rotatable bonds is 8. The molecule has 122 heavy (non-hydrogen) atoms. The molecule has 0 unspecified atom stereocenters. The van der Waals surface area contributed by atoms with Crippen LogP contribution in [0.15, 0.2) is 318 Å². The van der Waals surface area contributed by atoms with Gasteiger partial charge in [-0.3, -0.25) is 0 Å². The fourth-order valence-electron chi connectivity index (χ4n) is 11.4. The van der Waals surface area contributed by atoms with Crippen LogP contribution in [0.5, 0.6) is 57.5 Å². The Morgan fingerprint density at radius 3 is 1.01 bits per heavy atom. The second-order valence-corrected chi connectivity index (χ2v) is 36.2. The van der Waals surface area contributed by atoms with Gasteiger partial charge in [0.25, 0.3) is 0 Å². The van der Waals surface area contributed by atoms with Crippen molar-refractivity contribution < 1.29 is 155 Å². The number of phenolic OH excluding ortho intramolecular Hbond substituents is 10. The van der Waals surface area contributed by atoms with E-state index in [4.69, 9.17) is 0 Å². The molecule has 0 atom stereocenters. The largest absolute Gasteiger partial charge is 0.744 e. The standard InChI is InChI=1S/2C10H8O5S.6C10H8O4S/c11-9-4-6-1-2-8(16(13,14)15)3-7(6)5-10(9)12;11-7-2-1-6-3-8(16(13,14)15)5-10(12)9(6)4-7;11-9-3-1-7-2-4-10(15(12,13)14)6-8(7)5-9;11-8-5-1-3-7-4-2-6-9(10(7)8)15(12,13)14;11-10-3-1-2-7-6-8(15(12,13)14)4-5-9(7)10;11-8-5-4-7-2-1-3-10(9(7)6-8)15(12,13)14;11-10-6-8(15(12,13)14)5-7-3-1-2-4-9(7)10;11-9-5-6-10(15(12,13)14)8-4-2-1-3-7(8)9/h2*1-5,11-12H,(H,13,14,15);6*1-6,11H,(H,12,13,14)/p-8. The van der Waals surface area contributed by atoms with Crippen molar-refractivity contribution in [1.82, 2.24) is 0 Å². The fourth-order valence-corrected chi connectivity index (χ4v) is 16.1. The number of hydrogen-bond donors (Lipinski definition) is 10. The maximum atomic E-state index is 10.9. The van der Waals surface area contributed by atoms with Crippen molar-refractivity contribution in [2.24, 2.45) is 0 Å². The first-order valence-corrected chi connectivity index (χ1v) is 44.8. The van der Waals surface area contributed by atoms with E-state index in [9.17, 15) is 155 Å². The zero-order valence-electron chi connectivity index (χ0n) is 61.1. The zero-order chi connectivity index (χ0) is 90.2. The lowest BCUT2D eigenvalue weighted by Gasteiger charge is -2.11. The van der Waals surface area contributed by atoms with E-state index in [-0.39, 0.29) is 104 Å². The van der Waals surface area contributed by atoms with E-state index in [0.29, 0.717) is 59.2 Å². The minimum absolute atomic E-state index is 0.0305. The molecule has 42 heteroatoms. The smallest absolute Gasteiger partial charge is 0.158 e. The molecule has 0 amide bonds. The van der Waals surface area contributed by atoms with Gasteiger partial charge in [0.2, 0.25) is 0 Å². The molecular formula is C80H56O34S8-8. The Balaban J connectivity index is 0.000000158. The summed E-state index contributed by atoms with van der Waals surface area (Å²) in [5.74, 6) is -1.52. The average molecular weight is 1820 g/mol. The van der Waals surface area contributed by atoms with Crippen LogP contribution < -0.4 is 0 Å². The number of phenols is 10. The third kappa shape index (κ3) is 23.9. The quantitative estimate of drug-likeness (QED) is 0.0499. The molecule has 0 aliphatic carbocycles. The second-order valence-electron chi connectivity index (χ2n) is 25.3. The van der Waals surface area contributed by atoms with Gasteiger partial charge in [-0.05, 0) is 200 Å². The molecule has 636 valence electrons. The minimum Gasteiger partial charge on any atom is -0.744 e. The molecular weight excluding hydrogens is 1760 g/mol. The molecule has 0 aliphatic heterocycles. The molecule has 0 aliphatic rings. The molecule has 16 aromatic rings. The van der Waals surface area contributed by atoms with Gasteiger partial charge in [-0.15, -0.1) is 0 Å². The lowest BCUT2D eigenvalue weighted by atomic mass is 10.1. The summed E-state index contributed by atoms with van der Waals surface area (Å²) < 4.78 is 260. The van der Waals surface area contributed by atoms with E-state index in [1.165, 1.54) is 152 Å². The average Bonchev–Trinajstić information content (AvgIpc) is 0.795. The van der Waals surface area contributed by atoms with Gasteiger partial charge in [-0.1, -0.05) is 127 Å². The highest BCUT2D eigenvalue weighted by atomic mass is 32.2. The lowest BCUT2D eigenvalue weighted by molar-refractivity contribution is 0.405. The van der Waals surface area contributed by atoms with Gasteiger partial charge in [0.05, 0.1) is 39.2 Å². The van der Waals surface area contributed by atoms with Crippen molar-refractivity contribution in [3.05, 3.63) is 279 Å². The van der Waals surface area contributed by atoms with Crippen molar-refractivity contribution in [1.29, 1.82) is 0 Å². The van der Waals surface area contributed by atoms with E-state index in [1.807, 2.05) is 0 Å². The SMILES string of the molecule is O=S(=O)([O-])c1cc(O)c2cc(O)ccc2c1.O=S(=O)([O-])c1cc(O)c2ccccc2c1.O=S(=O)([O-])c1ccc(O)c2ccccc12.O=S(=O)([O-])c1ccc2c(O)cccc2c1.O=S(=O)([O-])c1ccc2cc(O)c(O)cc2c1.O=S(=O)([O-])c1ccc2ccc(O)cc2c1.O=S(=O)([O-])c1cccc2ccc(O)cc12.O=S(=O)([O-])c1cccc2cccc(O)c12. The van der Waals surface area contributed by atoms with Gasteiger partial charge < -0.3 is 87.5 Å². The Bertz CT molecular complexity index is 7670. The third-order valence-corrected chi connectivity index (χ3v) is 23.8. The first-order valence-electron chi connectivity index (χ1n) is 33.6. The third-order valence-electron chi connectivity index (χ3n) is 17.0. The molecule has 0 fully saturated rings. The topological polar surface area (TPSA) is 660 Å². The highest BCUT2D eigenvalue weighted by molar-refractivity contribution is 7.87. The molecule has 16 rings (SSSR count). The zero-order valence-corrected chi connectivity index (χ0v) is 67.6. The molecule has 0 aromatic heterocycles. The van der Waals surface area contributed by atoms with Gasteiger partial charge in [-0.2, -0.15) is 0 Å². The van der Waals surface area contributed by atoms with Crippen LogP contribution in [0.4, 0.5) is 0 Å². The monoisotopic (exact) mass is 1820 g/mol. The van der Waals surface area contributed by atoms with Crippen molar-refractivity contribution in [3.8, 4) is 57.5 Å². The molecule has 34 nitrogen and oxygen atoms in total. The molecule has 0 spiro atoms. The number of benzene rings is 16. The van der Waals surface area contributed by atoms with Crippen LogP contribution in [-0.2, 0) is 80.9 Å². The summed E-state index contributed by atoms with van der Waals surface area (Å²) in [5, 5.41) is 100. The van der Waals surface area contributed by atoms with Crippen LogP contribution in [-0.4, -0.2) is 155 Å². The Labute approximate surface area is 692 Å². The van der Waals surface area contributed by atoms with E-state index < -0.39 is 95.6 Å². The highest BCUT2D eigenvalue weighted by Gasteiger charge is 2.16. The van der Waals surface area contributed by atoms with Crippen LogP contribution in [0.1, 0.15) is 0 Å². The summed E-state index contributed by atoms with van der Waals surface area (Å²) >= 11 is 0. The number of aromatic hydroxyl groups is 10. The normalized spacial score (nSPS) is 11.8. The van der Waals surface area contributed by atoms with Gasteiger partial charge in [0, 0.05) is 37.7 Å². The van der Waals surface area contributed by atoms with Crippen LogP contribution in [0, 0.1) is 0 Å². The van der Waals surface area contributed by atoms with Crippen molar-refractivity contribution in [2.75, 3.05) is 0 Å². The molecule has 0 radical (unpaired) electrons. The lowest BCUT2D eigenvalue weighted by Crippen LogP contribution is -1.99. The first-order chi connectivity index (χ1) is 56.7. The number of fused-ring (bicyclic) bond motifs is 8. The van der Waals surface area contributed by atoms with E-state index in [0.717, 1.165) is 41.8 Å². The molecule has 0 saturated heterocycles. The first kappa shape index (κ1) is 92.8. The summed E-state index contributed by atoms with van der Waals surface area (Å²) in [6, 6.07) is 64.3. The Kier molecular flexibility index (Phi) is 28.0. The molecule has 0 bridgehead atoms. The predicted molar refractivity (Wildman–Crippen MR) is 432 cm³/mol. The van der Waals surface area contributed by atoms with Crippen LogP contribution in [0.2, 0.25) is 0 Å². The maximum Gasteiger partial charge on any atom is 0.158 e. The molecule has 16 aromatic carbocycles. The van der Waals surface area contributed by atoms with Gasteiger partial charge in [0.1, 0.15) is 127 Å². The Hall–Kier alpha value is -13.1. The highest BCUT2D eigenvalue weighted by Crippen LogP contribution is 2.37. The minimum atomic E-state index is -4.60. The van der Waals surface area contributed by atoms with E-state index in [2.05, 4.69) is 0 Å². The summed E-state index contributed by atoms with van der Waals surface area (Å²) in [7, 11) is -36.1. The molecule has 0 heterocycles. The summed E-state index contributed by atoms with van der Waals surface area (Å²) in [4.78, 5) is -2.88. The van der Waals surface area contributed by atoms with Gasteiger partial charge in [0.15, 0.2) is 11.5 Å². The van der Waals surface area contributed by atoms with E-state index in [1.54, 1.807) is 91.0 Å². The van der Waals surface area contributed by atoms with Crippen LogP contribution in [0.3, 0.4) is 0 Å². The molecule has 10 N–H and O–H groups in total. The van der Waals surface area contributed by atoms with Crippen LogP contribution in [0.25, 0.3) is 86.2 Å². The fraction of sp³-hybridized carbons (Fsp3) is 0. The van der Waals surface area contributed by atoms with Crippen molar-refractivity contribution in [3.63, 3.8) is 0 Å². The summed E-state index contributed by atoms with van der Waals surface area (Å²) in [6.45, 7) is 0. The second kappa shape index (κ2) is 36.8. The van der Waals surface area contributed by atoms with Crippen molar-refractivity contribution >= 4 is 167 Å². The summed E-state index contributed by atoms with van der Waals surface area (Å²) in [6.07, 6.45) is 0. The number of hydrogen-bond acceptors (Lipinski definition) is 34. The van der Waals surface area contributed by atoms with Crippen molar-refractivity contribution in [2.45, 2.75) is 39.2 Å². The predicted octanol–water partition coefficient (Wildman–Crippen LogP) is 11.0. The Morgan fingerprint density at radius 1 is 0.164 bits per heavy atom. The van der Waals surface area contributed by atoms with E-state index >= 15 is 0 Å².